The Hall–Kier alpha value is -3.24. The van der Waals surface area contributed by atoms with Crippen LogP contribution in [0.15, 0.2) is 36.4 Å². The summed E-state index contributed by atoms with van der Waals surface area (Å²) in [5, 5.41) is 18.1. The van der Waals surface area contributed by atoms with E-state index in [0.717, 1.165) is 4.58 Å². The quantitative estimate of drug-likeness (QED) is 0.327. The molecule has 4 rings (SSSR count). The number of carboxylic acid groups (broad SMARTS) is 1. The maximum Gasteiger partial charge on any atom is 0.334 e. The van der Waals surface area contributed by atoms with Gasteiger partial charge in [-0.05, 0) is 24.3 Å². The SMILES string of the molecule is CCC(F)(F)C(=N)[N+]1=C(N)[C@@H](CC(=O)O)O[C@H](c2cccc3c2OCCO3)c2cc(Cl)ccc21. The van der Waals surface area contributed by atoms with Crippen molar-refractivity contribution in [1.82, 2.24) is 0 Å². The number of aliphatic carboxylic acids is 1. The molecule has 0 amide bonds. The van der Waals surface area contributed by atoms with Crippen molar-refractivity contribution >= 4 is 34.9 Å². The lowest BCUT2D eigenvalue weighted by molar-refractivity contribution is -0.332. The molecule has 0 aromatic heterocycles. The number of hydrogen-bond donors (Lipinski definition) is 3. The number of carbonyl (C=O) groups is 1. The lowest BCUT2D eigenvalue weighted by Crippen LogP contribution is -2.45. The summed E-state index contributed by atoms with van der Waals surface area (Å²) in [6.45, 7) is 1.88. The first-order chi connectivity index (χ1) is 16.1. The van der Waals surface area contributed by atoms with E-state index in [-0.39, 0.29) is 18.1 Å². The number of ether oxygens (including phenoxy) is 3. The smallest absolute Gasteiger partial charge is 0.334 e. The van der Waals surface area contributed by atoms with E-state index in [1.807, 2.05) is 0 Å². The van der Waals surface area contributed by atoms with Gasteiger partial charge in [0.25, 0.3) is 0 Å². The van der Waals surface area contributed by atoms with Gasteiger partial charge in [0.05, 0.1) is 6.42 Å². The van der Waals surface area contributed by atoms with Crippen molar-refractivity contribution in [3.63, 3.8) is 0 Å². The highest BCUT2D eigenvalue weighted by molar-refractivity contribution is 6.30. The second kappa shape index (κ2) is 9.19. The van der Waals surface area contributed by atoms with Gasteiger partial charge in [-0.25, -0.2) is 0 Å². The van der Waals surface area contributed by atoms with Crippen LogP contribution < -0.4 is 15.2 Å². The predicted molar refractivity (Wildman–Crippen MR) is 120 cm³/mol. The number of halogens is 3. The second-order valence-corrected chi connectivity index (χ2v) is 8.28. The van der Waals surface area contributed by atoms with E-state index >= 15 is 0 Å². The average molecular weight is 495 g/mol. The standard InChI is InChI=1S/C23H22ClF2N3O5/c1-2-23(25,26)22(28)29-15-7-6-12(24)10-14(15)19(34-17(21(29)27)11-18(30)31)13-4-3-5-16-20(13)33-9-8-32-16/h3-7,10,17,19,27-28H,2,8-9,11H2,1H3,(H,30,31)/p+1/t17-,19-/m1/s1. The first-order valence-electron chi connectivity index (χ1n) is 10.6. The number of para-hydroxylation sites is 1. The van der Waals surface area contributed by atoms with Crippen molar-refractivity contribution in [2.45, 2.75) is 37.9 Å². The van der Waals surface area contributed by atoms with Crippen molar-refractivity contribution in [2.75, 3.05) is 13.2 Å². The largest absolute Gasteiger partial charge is 0.486 e. The molecule has 0 unspecified atom stereocenters. The number of rotatable bonds is 5. The molecule has 2 aromatic rings. The highest BCUT2D eigenvalue weighted by Gasteiger charge is 2.45. The normalized spacial score (nSPS) is 19.9. The number of alkyl halides is 2. The number of carboxylic acids is 1. The Morgan fingerprint density at radius 3 is 2.71 bits per heavy atom. The van der Waals surface area contributed by atoms with Crippen molar-refractivity contribution in [2.24, 2.45) is 5.73 Å². The summed E-state index contributed by atoms with van der Waals surface area (Å²) in [4.78, 5) is 11.6. The van der Waals surface area contributed by atoms with Gasteiger partial charge in [-0.1, -0.05) is 30.7 Å². The molecule has 0 fully saturated rings. The Morgan fingerprint density at radius 2 is 2.00 bits per heavy atom. The second-order valence-electron chi connectivity index (χ2n) is 7.84. The topological polar surface area (TPSA) is 118 Å². The molecule has 0 radical (unpaired) electrons. The van der Waals surface area contributed by atoms with E-state index in [0.29, 0.717) is 34.3 Å². The van der Waals surface area contributed by atoms with Gasteiger partial charge in [-0.2, -0.15) is 18.8 Å². The van der Waals surface area contributed by atoms with Crippen LogP contribution in [0.25, 0.3) is 0 Å². The van der Waals surface area contributed by atoms with Crippen LogP contribution >= 0.6 is 11.6 Å². The Morgan fingerprint density at radius 1 is 1.26 bits per heavy atom. The van der Waals surface area contributed by atoms with E-state index in [4.69, 9.17) is 37.0 Å². The van der Waals surface area contributed by atoms with E-state index in [2.05, 4.69) is 0 Å². The van der Waals surface area contributed by atoms with Gasteiger partial charge >= 0.3 is 17.7 Å². The van der Waals surface area contributed by atoms with Gasteiger partial charge < -0.3 is 25.1 Å². The van der Waals surface area contributed by atoms with Gasteiger partial charge in [0.2, 0.25) is 5.84 Å². The molecular weight excluding hydrogens is 472 g/mol. The summed E-state index contributed by atoms with van der Waals surface area (Å²) < 4.78 is 47.9. The van der Waals surface area contributed by atoms with Crippen molar-refractivity contribution in [1.29, 1.82) is 5.41 Å². The fourth-order valence-electron chi connectivity index (χ4n) is 3.96. The molecule has 11 heteroatoms. The van der Waals surface area contributed by atoms with Gasteiger partial charge in [0.1, 0.15) is 25.0 Å². The molecule has 0 bridgehead atoms. The molecule has 2 atom stereocenters. The lowest BCUT2D eigenvalue weighted by Gasteiger charge is -2.26. The van der Waals surface area contributed by atoms with E-state index in [9.17, 15) is 18.7 Å². The number of hydrogen-bond acceptors (Lipinski definition) is 6. The first kappa shape index (κ1) is 23.9. The van der Waals surface area contributed by atoms with Crippen LogP contribution in [0.3, 0.4) is 0 Å². The Labute approximate surface area is 199 Å². The summed E-state index contributed by atoms with van der Waals surface area (Å²) in [6.07, 6.45) is -3.59. The maximum absolute atomic E-state index is 14.7. The van der Waals surface area contributed by atoms with Crippen molar-refractivity contribution < 1.29 is 37.5 Å². The summed E-state index contributed by atoms with van der Waals surface area (Å²) in [6, 6.07) is 9.59. The van der Waals surface area contributed by atoms with Crippen molar-refractivity contribution in [3.05, 3.63) is 52.5 Å². The van der Waals surface area contributed by atoms with Crippen LogP contribution in [0.5, 0.6) is 11.5 Å². The molecule has 2 heterocycles. The summed E-state index contributed by atoms with van der Waals surface area (Å²) in [5.41, 5.74) is 7.19. The molecular formula is C23H23ClF2N3O5+. The monoisotopic (exact) mass is 494 g/mol. The summed E-state index contributed by atoms with van der Waals surface area (Å²) >= 11 is 6.26. The number of fused-ring (bicyclic) bond motifs is 2. The zero-order chi connectivity index (χ0) is 24.6. The minimum atomic E-state index is -3.53. The molecule has 2 aromatic carbocycles. The average Bonchev–Trinajstić information content (AvgIpc) is 2.92. The molecule has 34 heavy (non-hydrogen) atoms. The third-order valence-electron chi connectivity index (χ3n) is 5.65. The highest BCUT2D eigenvalue weighted by Crippen LogP contribution is 2.45. The number of nitrogens with two attached hydrogens (primary N) is 1. The van der Waals surface area contributed by atoms with Crippen LogP contribution in [0.4, 0.5) is 14.5 Å². The lowest BCUT2D eigenvalue weighted by atomic mass is 9.97. The zero-order valence-electron chi connectivity index (χ0n) is 18.2. The third kappa shape index (κ3) is 4.30. The van der Waals surface area contributed by atoms with Crippen LogP contribution in [0.2, 0.25) is 5.02 Å². The number of nitrogens with zero attached hydrogens (tertiary/aromatic N) is 1. The fraction of sp³-hybridized carbons (Fsp3) is 0.348. The van der Waals surface area contributed by atoms with Crippen molar-refractivity contribution in [3.8, 4) is 11.5 Å². The Kier molecular flexibility index (Phi) is 6.46. The summed E-state index contributed by atoms with van der Waals surface area (Å²) in [5.74, 6) is -5.36. The van der Waals surface area contributed by atoms with Gasteiger partial charge in [0, 0.05) is 22.6 Å². The highest BCUT2D eigenvalue weighted by atomic mass is 35.5. The molecule has 0 saturated heterocycles. The molecule has 180 valence electrons. The predicted octanol–water partition coefficient (Wildman–Crippen LogP) is 4.10. The molecule has 2 aliphatic rings. The molecule has 8 nitrogen and oxygen atoms in total. The molecule has 0 spiro atoms. The maximum atomic E-state index is 14.7. The van der Waals surface area contributed by atoms with E-state index < -0.39 is 42.8 Å². The van der Waals surface area contributed by atoms with E-state index in [1.54, 1.807) is 18.2 Å². The number of amidine groups is 2. The van der Waals surface area contributed by atoms with Gasteiger partial charge in [-0.15, -0.1) is 0 Å². The van der Waals surface area contributed by atoms with Crippen LogP contribution in [0.1, 0.15) is 37.0 Å². The summed E-state index contributed by atoms with van der Waals surface area (Å²) in [7, 11) is 0. The Balaban J connectivity index is 1.98. The molecule has 0 aliphatic carbocycles. The first-order valence-corrected chi connectivity index (χ1v) is 11.0. The Bertz CT molecular complexity index is 1190. The van der Waals surface area contributed by atoms with Gasteiger partial charge in [0.15, 0.2) is 17.6 Å². The van der Waals surface area contributed by atoms with E-state index in [1.165, 1.54) is 25.1 Å². The molecule has 4 N–H and O–H groups in total. The minimum absolute atomic E-state index is 0.132. The number of nitrogens with one attached hydrogen (secondary N) is 1. The fourth-order valence-corrected chi connectivity index (χ4v) is 4.15. The zero-order valence-corrected chi connectivity index (χ0v) is 18.9. The van der Waals surface area contributed by atoms with Crippen LogP contribution in [-0.2, 0) is 9.53 Å². The van der Waals surface area contributed by atoms with Crippen LogP contribution in [0, 0.1) is 5.41 Å². The molecule has 2 aliphatic heterocycles. The molecule has 0 saturated carbocycles. The minimum Gasteiger partial charge on any atom is -0.486 e. The third-order valence-corrected chi connectivity index (χ3v) is 5.89. The van der Waals surface area contributed by atoms with Crippen LogP contribution in [-0.4, -0.2) is 52.6 Å². The number of benzene rings is 2. The van der Waals surface area contributed by atoms with Gasteiger partial charge in [-0.3, -0.25) is 4.79 Å².